The molecule has 9 heteroatoms. The molecule has 2 aromatic heterocycles. The minimum atomic E-state index is -3.77. The number of benzene rings is 1. The van der Waals surface area contributed by atoms with Crippen molar-refractivity contribution < 1.29 is 12.9 Å². The Kier molecular flexibility index (Phi) is 5.14. The second-order valence-corrected chi connectivity index (χ2v) is 8.59. The summed E-state index contributed by atoms with van der Waals surface area (Å²) in [5.41, 5.74) is 1.96. The molecule has 8 nitrogen and oxygen atoms in total. The van der Waals surface area contributed by atoms with Crippen LogP contribution in [-0.2, 0) is 10.0 Å². The van der Waals surface area contributed by atoms with E-state index in [2.05, 4.69) is 36.8 Å². The summed E-state index contributed by atoms with van der Waals surface area (Å²) < 4.78 is 32.7. The van der Waals surface area contributed by atoms with E-state index in [1.807, 2.05) is 24.3 Å². The van der Waals surface area contributed by atoms with Crippen LogP contribution in [0.1, 0.15) is 11.5 Å². The highest BCUT2D eigenvalue weighted by molar-refractivity contribution is 7.92. The van der Waals surface area contributed by atoms with E-state index in [4.69, 9.17) is 4.52 Å². The molecule has 1 N–H and O–H groups in total. The van der Waals surface area contributed by atoms with Crippen LogP contribution in [0.5, 0.6) is 0 Å². The van der Waals surface area contributed by atoms with Crippen LogP contribution in [-0.4, -0.2) is 44.7 Å². The van der Waals surface area contributed by atoms with E-state index in [-0.39, 0.29) is 10.7 Å². The normalized spacial score (nSPS) is 14.8. The average molecular weight is 414 g/mol. The zero-order chi connectivity index (χ0) is 20.4. The van der Waals surface area contributed by atoms with Crippen LogP contribution < -0.4 is 14.5 Å². The Morgan fingerprint density at radius 3 is 2.24 bits per heavy atom. The van der Waals surface area contributed by atoms with Gasteiger partial charge >= 0.3 is 0 Å². The SMILES string of the molecule is Cc1noc(C)c1S(=O)(=O)Nc1ccc(N2CCN(c3ccccc3)CC2)nc1. The molecule has 0 atom stereocenters. The molecule has 0 bridgehead atoms. The van der Waals surface area contributed by atoms with E-state index in [0.29, 0.717) is 11.4 Å². The number of nitrogens with one attached hydrogen (secondary N) is 1. The third-order valence-electron chi connectivity index (χ3n) is 4.96. The number of hydrogen-bond acceptors (Lipinski definition) is 7. The highest BCUT2D eigenvalue weighted by atomic mass is 32.2. The minimum absolute atomic E-state index is 0.0682. The van der Waals surface area contributed by atoms with Gasteiger partial charge in [0.05, 0.1) is 11.9 Å². The molecule has 0 aliphatic carbocycles. The van der Waals surface area contributed by atoms with E-state index < -0.39 is 10.0 Å². The lowest BCUT2D eigenvalue weighted by atomic mass is 10.2. The molecule has 1 aliphatic heterocycles. The van der Waals surface area contributed by atoms with Gasteiger partial charge in [0, 0.05) is 31.9 Å². The maximum Gasteiger partial charge on any atom is 0.267 e. The molecule has 0 unspecified atom stereocenters. The first-order chi connectivity index (χ1) is 13.9. The molecule has 0 amide bonds. The van der Waals surface area contributed by atoms with Crippen molar-refractivity contribution in [3.05, 3.63) is 60.1 Å². The standard InChI is InChI=1S/C20H23N5O3S/c1-15-20(16(2)28-22-15)29(26,27)23-17-8-9-19(21-14-17)25-12-10-24(11-13-25)18-6-4-3-5-7-18/h3-9,14,23H,10-13H2,1-2H3. The lowest BCUT2D eigenvalue weighted by Crippen LogP contribution is -2.46. The number of piperazine rings is 1. The zero-order valence-electron chi connectivity index (χ0n) is 16.4. The van der Waals surface area contributed by atoms with Gasteiger partial charge in [-0.3, -0.25) is 4.72 Å². The van der Waals surface area contributed by atoms with Crippen molar-refractivity contribution in [3.8, 4) is 0 Å². The van der Waals surface area contributed by atoms with E-state index in [9.17, 15) is 8.42 Å². The van der Waals surface area contributed by atoms with Crippen LogP contribution in [0.25, 0.3) is 0 Å². The molecule has 29 heavy (non-hydrogen) atoms. The first-order valence-corrected chi connectivity index (χ1v) is 10.9. The quantitative estimate of drug-likeness (QED) is 0.688. The Labute approximate surface area is 170 Å². The number of sulfonamides is 1. The van der Waals surface area contributed by atoms with Crippen molar-refractivity contribution in [1.29, 1.82) is 0 Å². The van der Waals surface area contributed by atoms with E-state index >= 15 is 0 Å². The number of anilines is 3. The lowest BCUT2D eigenvalue weighted by Gasteiger charge is -2.36. The number of nitrogens with zero attached hydrogens (tertiary/aromatic N) is 4. The highest BCUT2D eigenvalue weighted by Crippen LogP contribution is 2.24. The first-order valence-electron chi connectivity index (χ1n) is 9.41. The second-order valence-electron chi connectivity index (χ2n) is 6.97. The summed E-state index contributed by atoms with van der Waals surface area (Å²) in [6.45, 7) is 6.70. The van der Waals surface area contributed by atoms with Gasteiger partial charge in [0.15, 0.2) is 10.7 Å². The van der Waals surface area contributed by atoms with Gasteiger partial charge in [0.25, 0.3) is 10.0 Å². The zero-order valence-corrected chi connectivity index (χ0v) is 17.2. The summed E-state index contributed by atoms with van der Waals surface area (Å²) in [7, 11) is -3.77. The topological polar surface area (TPSA) is 91.6 Å². The van der Waals surface area contributed by atoms with Crippen molar-refractivity contribution >= 4 is 27.2 Å². The van der Waals surface area contributed by atoms with Crippen LogP contribution in [0.15, 0.2) is 58.1 Å². The minimum Gasteiger partial charge on any atom is -0.368 e. The highest BCUT2D eigenvalue weighted by Gasteiger charge is 2.24. The van der Waals surface area contributed by atoms with Gasteiger partial charge in [-0.25, -0.2) is 13.4 Å². The Morgan fingerprint density at radius 2 is 1.66 bits per heavy atom. The smallest absolute Gasteiger partial charge is 0.267 e. The molecule has 152 valence electrons. The Morgan fingerprint density at radius 1 is 0.966 bits per heavy atom. The molecule has 1 saturated heterocycles. The molecular weight excluding hydrogens is 390 g/mol. The van der Waals surface area contributed by atoms with Gasteiger partial charge in [-0.1, -0.05) is 23.4 Å². The molecular formula is C20H23N5O3S. The number of hydrogen-bond donors (Lipinski definition) is 1. The van der Waals surface area contributed by atoms with E-state index in [1.54, 1.807) is 19.9 Å². The molecule has 0 radical (unpaired) electrons. The Hall–Kier alpha value is -3.07. The number of aryl methyl sites for hydroxylation is 2. The molecule has 1 aliphatic rings. The summed E-state index contributed by atoms with van der Waals surface area (Å²) in [6.07, 6.45) is 1.54. The summed E-state index contributed by atoms with van der Waals surface area (Å²) in [5, 5.41) is 3.71. The average Bonchev–Trinajstić information content (AvgIpc) is 3.08. The van der Waals surface area contributed by atoms with Crippen molar-refractivity contribution in [2.45, 2.75) is 18.7 Å². The van der Waals surface area contributed by atoms with E-state index in [0.717, 1.165) is 32.0 Å². The first kappa shape index (κ1) is 19.3. The van der Waals surface area contributed by atoms with Gasteiger partial charge in [0.2, 0.25) is 0 Å². The van der Waals surface area contributed by atoms with Crippen molar-refractivity contribution in [3.63, 3.8) is 0 Å². The molecule has 1 fully saturated rings. The largest absolute Gasteiger partial charge is 0.368 e. The number of aromatic nitrogens is 2. The lowest BCUT2D eigenvalue weighted by molar-refractivity contribution is 0.390. The predicted octanol–water partition coefficient (Wildman–Crippen LogP) is 2.81. The summed E-state index contributed by atoms with van der Waals surface area (Å²) in [4.78, 5) is 9.07. The maximum absolute atomic E-state index is 12.6. The van der Waals surface area contributed by atoms with Gasteiger partial charge in [-0.2, -0.15) is 0 Å². The van der Waals surface area contributed by atoms with Crippen molar-refractivity contribution in [1.82, 2.24) is 10.1 Å². The molecule has 3 heterocycles. The van der Waals surface area contributed by atoms with Crippen LogP contribution in [0.4, 0.5) is 17.2 Å². The Balaban J connectivity index is 1.41. The maximum atomic E-state index is 12.6. The summed E-state index contributed by atoms with van der Waals surface area (Å²) in [6, 6.07) is 13.9. The monoisotopic (exact) mass is 413 g/mol. The van der Waals surface area contributed by atoms with Crippen LogP contribution in [0.2, 0.25) is 0 Å². The fourth-order valence-corrected chi connectivity index (χ4v) is 4.91. The molecule has 0 spiro atoms. The second kappa shape index (κ2) is 7.75. The summed E-state index contributed by atoms with van der Waals surface area (Å²) >= 11 is 0. The molecule has 3 aromatic rings. The Bertz CT molecular complexity index is 1050. The molecule has 4 rings (SSSR count). The van der Waals surface area contributed by atoms with Crippen molar-refractivity contribution in [2.75, 3.05) is 40.7 Å². The van der Waals surface area contributed by atoms with Gasteiger partial charge in [0.1, 0.15) is 11.5 Å². The third-order valence-corrected chi connectivity index (χ3v) is 6.59. The molecule has 0 saturated carbocycles. The fraction of sp³-hybridized carbons (Fsp3) is 0.300. The van der Waals surface area contributed by atoms with E-state index in [1.165, 1.54) is 11.9 Å². The van der Waals surface area contributed by atoms with Crippen molar-refractivity contribution in [2.24, 2.45) is 0 Å². The predicted molar refractivity (Wildman–Crippen MR) is 112 cm³/mol. The van der Waals surface area contributed by atoms with Gasteiger partial charge in [-0.15, -0.1) is 0 Å². The molecule has 1 aromatic carbocycles. The van der Waals surface area contributed by atoms with Gasteiger partial charge < -0.3 is 14.3 Å². The van der Waals surface area contributed by atoms with Crippen LogP contribution in [0, 0.1) is 13.8 Å². The number of rotatable bonds is 5. The van der Waals surface area contributed by atoms with Crippen LogP contribution in [0.3, 0.4) is 0 Å². The summed E-state index contributed by atoms with van der Waals surface area (Å²) in [5.74, 6) is 1.09. The van der Waals surface area contributed by atoms with Crippen LogP contribution >= 0.6 is 0 Å². The number of para-hydroxylation sites is 1. The van der Waals surface area contributed by atoms with Gasteiger partial charge in [-0.05, 0) is 38.1 Å². The fourth-order valence-electron chi connectivity index (χ4n) is 3.53. The third kappa shape index (κ3) is 4.04. The number of pyridine rings is 1.